The van der Waals surface area contributed by atoms with Gasteiger partial charge in [-0.15, -0.1) is 11.8 Å². The van der Waals surface area contributed by atoms with Gasteiger partial charge < -0.3 is 10.2 Å². The molecule has 0 unspecified atom stereocenters. The Labute approximate surface area is 148 Å². The zero-order chi connectivity index (χ0) is 16.9. The van der Waals surface area contributed by atoms with Crippen LogP contribution in [0.15, 0.2) is 47.4 Å². The van der Waals surface area contributed by atoms with Gasteiger partial charge in [-0.2, -0.15) is 0 Å². The van der Waals surface area contributed by atoms with Crippen LogP contribution in [0.25, 0.3) is 0 Å². The summed E-state index contributed by atoms with van der Waals surface area (Å²) in [7, 11) is 0. The van der Waals surface area contributed by atoms with E-state index in [9.17, 15) is 4.79 Å². The Morgan fingerprint density at radius 2 is 2.00 bits per heavy atom. The Bertz CT molecular complexity index is 729. The summed E-state index contributed by atoms with van der Waals surface area (Å²) >= 11 is 1.92. The van der Waals surface area contributed by atoms with Gasteiger partial charge in [-0.3, -0.25) is 4.79 Å². The van der Waals surface area contributed by atoms with Crippen LogP contribution < -0.4 is 10.2 Å². The fourth-order valence-electron chi connectivity index (χ4n) is 2.99. The van der Waals surface area contributed by atoms with Crippen LogP contribution in [-0.4, -0.2) is 24.7 Å². The first kappa shape index (κ1) is 16.9. The molecule has 1 aliphatic rings. The number of carbonyl (C=O) groups excluding carboxylic acids is 1. The van der Waals surface area contributed by atoms with Gasteiger partial charge in [0.15, 0.2) is 0 Å². The van der Waals surface area contributed by atoms with E-state index in [0.29, 0.717) is 6.42 Å². The van der Waals surface area contributed by atoms with E-state index < -0.39 is 0 Å². The molecular weight excluding hydrogens is 316 g/mol. The van der Waals surface area contributed by atoms with Crippen molar-refractivity contribution in [2.45, 2.75) is 31.6 Å². The Morgan fingerprint density at radius 3 is 2.88 bits per heavy atom. The van der Waals surface area contributed by atoms with Crippen LogP contribution in [0, 0.1) is 13.8 Å². The van der Waals surface area contributed by atoms with Gasteiger partial charge in [0.1, 0.15) is 0 Å². The number of benzene rings is 2. The second-order valence-electron chi connectivity index (χ2n) is 6.20. The predicted molar refractivity (Wildman–Crippen MR) is 103 cm³/mol. The second kappa shape index (κ2) is 7.75. The van der Waals surface area contributed by atoms with Crippen LogP contribution in [0.5, 0.6) is 0 Å². The lowest BCUT2D eigenvalue weighted by atomic mass is 10.1. The molecule has 0 atom stereocenters. The average molecular weight is 340 g/mol. The van der Waals surface area contributed by atoms with Gasteiger partial charge in [-0.25, -0.2) is 0 Å². The van der Waals surface area contributed by atoms with Gasteiger partial charge in [-0.1, -0.05) is 24.3 Å². The van der Waals surface area contributed by atoms with E-state index in [-0.39, 0.29) is 5.91 Å². The van der Waals surface area contributed by atoms with E-state index in [1.807, 2.05) is 30.8 Å². The van der Waals surface area contributed by atoms with E-state index >= 15 is 0 Å². The lowest BCUT2D eigenvalue weighted by Gasteiger charge is -2.30. The lowest BCUT2D eigenvalue weighted by molar-refractivity contribution is -0.116. The monoisotopic (exact) mass is 340 g/mol. The maximum absolute atomic E-state index is 12.2. The molecule has 1 N–H and O–H groups in total. The summed E-state index contributed by atoms with van der Waals surface area (Å²) in [5, 5.41) is 3.05. The van der Waals surface area contributed by atoms with Crippen molar-refractivity contribution in [2.24, 2.45) is 0 Å². The molecule has 1 amide bonds. The summed E-state index contributed by atoms with van der Waals surface area (Å²) in [6.45, 7) is 6.10. The van der Waals surface area contributed by atoms with Gasteiger partial charge in [0.05, 0.1) is 5.69 Å². The number of para-hydroxylation sites is 1. The van der Waals surface area contributed by atoms with Crippen molar-refractivity contribution >= 4 is 29.0 Å². The molecule has 0 saturated heterocycles. The first-order valence-corrected chi connectivity index (χ1v) is 9.46. The number of thioether (sulfide) groups is 1. The number of fused-ring (bicyclic) bond motifs is 1. The van der Waals surface area contributed by atoms with Crippen molar-refractivity contribution in [2.75, 3.05) is 29.1 Å². The molecule has 0 aliphatic carbocycles. The maximum atomic E-state index is 12.2. The number of nitrogens with zero attached hydrogens (tertiary/aromatic N) is 1. The van der Waals surface area contributed by atoms with Gasteiger partial charge >= 0.3 is 0 Å². The highest BCUT2D eigenvalue weighted by Crippen LogP contribution is 2.34. The molecular formula is C20H24N2OS. The van der Waals surface area contributed by atoms with Gasteiger partial charge in [0.25, 0.3) is 0 Å². The van der Waals surface area contributed by atoms with E-state index in [2.05, 4.69) is 47.5 Å². The summed E-state index contributed by atoms with van der Waals surface area (Å²) in [6, 6.07) is 14.6. The second-order valence-corrected chi connectivity index (χ2v) is 7.34. The minimum absolute atomic E-state index is 0.100. The lowest BCUT2D eigenvalue weighted by Crippen LogP contribution is -2.30. The van der Waals surface area contributed by atoms with Crippen LogP contribution in [0.2, 0.25) is 0 Å². The quantitative estimate of drug-likeness (QED) is 0.861. The third-order valence-corrected chi connectivity index (χ3v) is 5.58. The van der Waals surface area contributed by atoms with E-state index in [1.54, 1.807) is 0 Å². The van der Waals surface area contributed by atoms with Crippen molar-refractivity contribution in [3.8, 4) is 0 Å². The standard InChI is InChI=1S/C20H24N2OS/c1-15-7-5-8-17(16(15)2)21-20(23)11-6-12-22-13-14-24-19-10-4-3-9-18(19)22/h3-5,7-10H,6,11-14H2,1-2H3,(H,21,23). The molecule has 126 valence electrons. The first-order valence-electron chi connectivity index (χ1n) is 8.48. The number of hydrogen-bond acceptors (Lipinski definition) is 3. The Kier molecular flexibility index (Phi) is 5.46. The molecule has 0 saturated carbocycles. The number of aryl methyl sites for hydroxylation is 1. The third kappa shape index (κ3) is 3.93. The van der Waals surface area contributed by atoms with Gasteiger partial charge in [0, 0.05) is 35.8 Å². The molecule has 1 heterocycles. The molecule has 1 aliphatic heterocycles. The highest BCUT2D eigenvalue weighted by Gasteiger charge is 2.16. The third-order valence-electron chi connectivity index (χ3n) is 4.54. The summed E-state index contributed by atoms with van der Waals surface area (Å²) in [5.41, 5.74) is 4.59. The maximum Gasteiger partial charge on any atom is 0.224 e. The minimum Gasteiger partial charge on any atom is -0.370 e. The molecule has 3 nitrogen and oxygen atoms in total. The molecule has 2 aromatic carbocycles. The number of amides is 1. The largest absolute Gasteiger partial charge is 0.370 e. The highest BCUT2D eigenvalue weighted by atomic mass is 32.2. The van der Waals surface area contributed by atoms with Crippen LogP contribution in [0.1, 0.15) is 24.0 Å². The number of hydrogen-bond donors (Lipinski definition) is 1. The predicted octanol–water partition coefficient (Wildman–Crippen LogP) is 4.63. The van der Waals surface area contributed by atoms with E-state index in [0.717, 1.165) is 36.5 Å². The van der Waals surface area contributed by atoms with E-state index in [1.165, 1.54) is 16.1 Å². The van der Waals surface area contributed by atoms with Gasteiger partial charge in [-0.05, 0) is 49.6 Å². The zero-order valence-electron chi connectivity index (χ0n) is 14.3. The number of anilines is 2. The van der Waals surface area contributed by atoms with Crippen molar-refractivity contribution in [1.82, 2.24) is 0 Å². The average Bonchev–Trinajstić information content (AvgIpc) is 2.59. The normalized spacial score (nSPS) is 13.5. The molecule has 0 bridgehead atoms. The smallest absolute Gasteiger partial charge is 0.224 e. The van der Waals surface area contributed by atoms with Crippen molar-refractivity contribution in [3.05, 3.63) is 53.6 Å². The Hall–Kier alpha value is -1.94. The molecule has 2 aromatic rings. The molecule has 0 aromatic heterocycles. The fraction of sp³-hybridized carbons (Fsp3) is 0.350. The summed E-state index contributed by atoms with van der Waals surface area (Å²) in [6.07, 6.45) is 1.43. The topological polar surface area (TPSA) is 32.3 Å². The fourth-order valence-corrected chi connectivity index (χ4v) is 4.04. The van der Waals surface area contributed by atoms with E-state index in [4.69, 9.17) is 0 Å². The van der Waals surface area contributed by atoms with Gasteiger partial charge in [0.2, 0.25) is 5.91 Å². The molecule has 3 rings (SSSR count). The number of rotatable bonds is 5. The van der Waals surface area contributed by atoms with Crippen molar-refractivity contribution in [1.29, 1.82) is 0 Å². The highest BCUT2D eigenvalue weighted by molar-refractivity contribution is 7.99. The molecule has 0 radical (unpaired) electrons. The molecule has 4 heteroatoms. The summed E-state index contributed by atoms with van der Waals surface area (Å²) < 4.78 is 0. The minimum atomic E-state index is 0.100. The van der Waals surface area contributed by atoms with Crippen molar-refractivity contribution < 1.29 is 4.79 Å². The number of carbonyl (C=O) groups is 1. The Balaban J connectivity index is 1.52. The SMILES string of the molecule is Cc1cccc(NC(=O)CCCN2CCSc3ccccc32)c1C. The first-order chi connectivity index (χ1) is 11.6. The van der Waals surface area contributed by atoms with Crippen LogP contribution in [-0.2, 0) is 4.79 Å². The summed E-state index contributed by atoms with van der Waals surface area (Å²) in [5.74, 6) is 1.22. The molecule has 24 heavy (non-hydrogen) atoms. The van der Waals surface area contributed by atoms with Crippen LogP contribution >= 0.6 is 11.8 Å². The zero-order valence-corrected chi connectivity index (χ0v) is 15.2. The number of nitrogens with one attached hydrogen (secondary N) is 1. The summed E-state index contributed by atoms with van der Waals surface area (Å²) in [4.78, 5) is 16.0. The molecule has 0 fully saturated rings. The molecule has 0 spiro atoms. The van der Waals surface area contributed by atoms with Crippen LogP contribution in [0.4, 0.5) is 11.4 Å². The van der Waals surface area contributed by atoms with Crippen LogP contribution in [0.3, 0.4) is 0 Å². The van der Waals surface area contributed by atoms with Crippen molar-refractivity contribution in [3.63, 3.8) is 0 Å². The Morgan fingerprint density at radius 1 is 1.17 bits per heavy atom.